The number of ether oxygens (including phenoxy) is 2. The number of amides is 1. The molecular weight excluding hydrogens is 550 g/mol. The molecule has 0 heterocycles. The molecule has 0 bridgehead atoms. The highest BCUT2D eigenvalue weighted by Gasteiger charge is 2.46. The summed E-state index contributed by atoms with van der Waals surface area (Å²) < 4.78 is 12.0. The number of alkyl carbamates (subject to hydrolysis) is 1. The van der Waals surface area contributed by atoms with Crippen molar-refractivity contribution in [1.29, 1.82) is 5.41 Å². The molecule has 1 aliphatic rings. The lowest BCUT2D eigenvalue weighted by atomic mass is 9.84. The molecule has 0 aromatic carbocycles. The van der Waals surface area contributed by atoms with Gasteiger partial charge in [-0.25, -0.2) is 4.79 Å². The van der Waals surface area contributed by atoms with Crippen molar-refractivity contribution in [3.05, 3.63) is 12.2 Å². The van der Waals surface area contributed by atoms with Crippen LogP contribution in [0, 0.1) is 28.6 Å². The summed E-state index contributed by atoms with van der Waals surface area (Å²) in [5.41, 5.74) is 0.577. The zero-order valence-electron chi connectivity index (χ0n) is 30.6. The lowest BCUT2D eigenvalue weighted by molar-refractivity contribution is -0.867. The fraction of sp³-hybridized carbons (Fsp3) is 0.865. The van der Waals surface area contributed by atoms with Crippen LogP contribution in [0.3, 0.4) is 0 Å². The van der Waals surface area contributed by atoms with Gasteiger partial charge in [-0.3, -0.25) is 14.7 Å². The molecule has 44 heavy (non-hydrogen) atoms. The highest BCUT2D eigenvalue weighted by atomic mass is 16.5. The fourth-order valence-corrected chi connectivity index (χ4v) is 6.25. The minimum absolute atomic E-state index is 0.00132. The Morgan fingerprint density at radius 3 is 2.09 bits per heavy atom. The van der Waals surface area contributed by atoms with Crippen LogP contribution in [0.4, 0.5) is 4.79 Å². The molecular formula is C37H70N3O4+. The number of carbonyl (C=O) groups is 2. The van der Waals surface area contributed by atoms with Gasteiger partial charge in [-0.15, -0.1) is 0 Å². The van der Waals surface area contributed by atoms with E-state index in [1.807, 2.05) is 14.0 Å². The molecule has 0 spiro atoms. The van der Waals surface area contributed by atoms with Crippen molar-refractivity contribution in [3.8, 4) is 0 Å². The molecule has 1 rings (SSSR count). The highest BCUT2D eigenvalue weighted by molar-refractivity contribution is 5.99. The quantitative estimate of drug-likeness (QED) is 0.0399. The van der Waals surface area contributed by atoms with Gasteiger partial charge in [0.1, 0.15) is 0 Å². The number of hydrogen-bond donors (Lipinski definition) is 2. The summed E-state index contributed by atoms with van der Waals surface area (Å²) in [6.07, 6.45) is 10.7. The lowest BCUT2D eigenvalue weighted by Gasteiger charge is -2.46. The Morgan fingerprint density at radius 1 is 0.977 bits per heavy atom. The second-order valence-electron chi connectivity index (χ2n) is 16.0. The van der Waals surface area contributed by atoms with Gasteiger partial charge >= 0.3 is 6.09 Å². The van der Waals surface area contributed by atoms with E-state index >= 15 is 0 Å². The molecule has 256 valence electrons. The number of ketones is 1. The Morgan fingerprint density at radius 2 is 1.57 bits per heavy atom. The molecule has 1 fully saturated rings. The summed E-state index contributed by atoms with van der Waals surface area (Å²) in [6.45, 7) is 27.2. The number of amidine groups is 1. The SMILES string of the molecule is C=C(C(=O)C(CCCNC(=O)OCC1CCCCCC1)[N+](C)(C(C)=N)C(C)C(C)C)C(C)CCC(C)(C)OCCC(C)(C)C. The van der Waals surface area contributed by atoms with E-state index in [-0.39, 0.29) is 45.3 Å². The van der Waals surface area contributed by atoms with E-state index < -0.39 is 6.04 Å². The van der Waals surface area contributed by atoms with Gasteiger partial charge in [-0.2, -0.15) is 0 Å². The van der Waals surface area contributed by atoms with Crippen LogP contribution in [-0.4, -0.2) is 66.7 Å². The maximum absolute atomic E-state index is 14.2. The van der Waals surface area contributed by atoms with Crippen LogP contribution in [0.2, 0.25) is 0 Å². The molecule has 0 saturated heterocycles. The van der Waals surface area contributed by atoms with Crippen LogP contribution < -0.4 is 5.32 Å². The van der Waals surface area contributed by atoms with E-state index in [0.29, 0.717) is 43.3 Å². The Kier molecular flexibility index (Phi) is 16.9. The van der Waals surface area contributed by atoms with Crippen molar-refractivity contribution < 1.29 is 23.5 Å². The molecule has 2 N–H and O–H groups in total. The van der Waals surface area contributed by atoms with Crippen molar-refractivity contribution in [2.45, 2.75) is 158 Å². The first-order chi connectivity index (χ1) is 20.3. The highest BCUT2D eigenvalue weighted by Crippen LogP contribution is 2.32. The first kappa shape index (κ1) is 40.3. The number of rotatable bonds is 18. The monoisotopic (exact) mass is 621 g/mol. The van der Waals surface area contributed by atoms with Crippen LogP contribution in [0.1, 0.15) is 140 Å². The summed E-state index contributed by atoms with van der Waals surface area (Å²) in [5, 5.41) is 11.7. The number of nitrogens with one attached hydrogen (secondary N) is 2. The topological polar surface area (TPSA) is 88.5 Å². The zero-order valence-corrected chi connectivity index (χ0v) is 30.6. The Bertz CT molecular complexity index is 914. The fourth-order valence-electron chi connectivity index (χ4n) is 6.25. The number of carbonyl (C=O) groups excluding carboxylic acids is 2. The van der Waals surface area contributed by atoms with Crippen molar-refractivity contribution in [2.75, 3.05) is 26.8 Å². The molecule has 0 radical (unpaired) electrons. The maximum Gasteiger partial charge on any atom is 0.407 e. The minimum Gasteiger partial charge on any atom is -0.449 e. The third-order valence-electron chi connectivity index (χ3n) is 10.3. The molecule has 1 amide bonds. The predicted octanol–water partition coefficient (Wildman–Crippen LogP) is 9.09. The number of hydrogen-bond acceptors (Lipinski definition) is 5. The summed E-state index contributed by atoms with van der Waals surface area (Å²) in [7, 11) is 2.02. The second-order valence-corrected chi connectivity index (χ2v) is 16.0. The van der Waals surface area contributed by atoms with Crippen molar-refractivity contribution in [3.63, 3.8) is 0 Å². The van der Waals surface area contributed by atoms with Gasteiger partial charge in [0.15, 0.2) is 11.9 Å². The van der Waals surface area contributed by atoms with Crippen LogP contribution in [-0.2, 0) is 14.3 Å². The Labute approximate surface area is 271 Å². The number of nitrogens with zero attached hydrogens (tertiary/aromatic N) is 1. The number of likely N-dealkylation sites (N-methyl/N-ethyl adjacent to an activating group) is 1. The molecule has 7 heteroatoms. The summed E-state index contributed by atoms with van der Waals surface area (Å²) in [6, 6.07) is -0.378. The van der Waals surface area contributed by atoms with Crippen LogP contribution in [0.25, 0.3) is 0 Å². The average Bonchev–Trinajstić information content (AvgIpc) is 3.21. The second kappa shape index (κ2) is 18.4. The lowest BCUT2D eigenvalue weighted by Crippen LogP contribution is -2.64. The Balaban J connectivity index is 2.89. The van der Waals surface area contributed by atoms with Gasteiger partial charge in [0, 0.05) is 32.4 Å². The van der Waals surface area contributed by atoms with E-state index in [4.69, 9.17) is 14.9 Å². The van der Waals surface area contributed by atoms with E-state index in [1.165, 1.54) is 25.7 Å². The van der Waals surface area contributed by atoms with E-state index in [2.05, 4.69) is 74.2 Å². The first-order valence-corrected chi connectivity index (χ1v) is 17.5. The Hall–Kier alpha value is -1.73. The number of Topliss-reactive ketones (excluding diaryl/α,β-unsaturated/α-hetero) is 1. The predicted molar refractivity (Wildman–Crippen MR) is 184 cm³/mol. The van der Waals surface area contributed by atoms with Crippen LogP contribution in [0.15, 0.2) is 12.2 Å². The van der Waals surface area contributed by atoms with Crippen molar-refractivity contribution in [1.82, 2.24) is 5.32 Å². The number of quaternary nitrogens is 1. The third kappa shape index (κ3) is 13.7. The first-order valence-electron chi connectivity index (χ1n) is 17.5. The van der Waals surface area contributed by atoms with E-state index in [9.17, 15) is 9.59 Å². The molecule has 0 aromatic rings. The summed E-state index contributed by atoms with van der Waals surface area (Å²) in [5.74, 6) is 1.24. The smallest absolute Gasteiger partial charge is 0.407 e. The molecule has 0 aliphatic heterocycles. The molecule has 4 unspecified atom stereocenters. The standard InChI is InChI=1S/C37H69N3O4/c1-27(2)30(5)40(12,31(6)38)33(20-17-24-39-35(42)43-26-32-18-15-13-14-16-19-32)34(41)29(4)28(3)21-22-37(10,11)44-25-23-36(7,8)9/h27-28,30,32-33,38H,4,13-26H2,1-3,5-12H3/p+1. The molecule has 1 saturated carbocycles. The van der Waals surface area contributed by atoms with Crippen molar-refractivity contribution >= 4 is 17.7 Å². The maximum atomic E-state index is 14.2. The van der Waals surface area contributed by atoms with Gasteiger partial charge in [0.25, 0.3) is 0 Å². The zero-order chi connectivity index (χ0) is 33.7. The van der Waals surface area contributed by atoms with Crippen LogP contribution in [0.5, 0.6) is 0 Å². The molecule has 0 aromatic heterocycles. The van der Waals surface area contributed by atoms with E-state index in [1.54, 1.807) is 0 Å². The minimum atomic E-state index is -0.445. The van der Waals surface area contributed by atoms with Gasteiger partial charge in [-0.1, -0.05) is 73.8 Å². The largest absolute Gasteiger partial charge is 0.449 e. The summed E-state index contributed by atoms with van der Waals surface area (Å²) >= 11 is 0. The molecule has 7 nitrogen and oxygen atoms in total. The van der Waals surface area contributed by atoms with Gasteiger partial charge in [0.05, 0.1) is 25.3 Å². The van der Waals surface area contributed by atoms with Crippen LogP contribution >= 0.6 is 0 Å². The van der Waals surface area contributed by atoms with E-state index in [0.717, 1.165) is 38.7 Å². The normalized spacial score (nSPS) is 18.5. The third-order valence-corrected chi connectivity index (χ3v) is 10.3. The molecule has 4 atom stereocenters. The van der Waals surface area contributed by atoms with Gasteiger partial charge < -0.3 is 14.8 Å². The van der Waals surface area contributed by atoms with Gasteiger partial charge in [0.2, 0.25) is 5.78 Å². The summed E-state index contributed by atoms with van der Waals surface area (Å²) in [4.78, 5) is 26.7. The van der Waals surface area contributed by atoms with Crippen molar-refractivity contribution in [2.24, 2.45) is 23.2 Å². The van der Waals surface area contributed by atoms with Gasteiger partial charge in [-0.05, 0) is 82.1 Å². The average molecular weight is 621 g/mol. The molecule has 1 aliphatic carbocycles.